The van der Waals surface area contributed by atoms with Crippen LogP contribution < -0.4 is 5.32 Å². The average Bonchev–Trinajstić information content (AvgIpc) is 3.03. The Morgan fingerprint density at radius 1 is 1.44 bits per heavy atom. The number of hydrogen-bond donors (Lipinski definition) is 1. The van der Waals surface area contributed by atoms with Crippen LogP contribution in [-0.2, 0) is 0 Å². The molecule has 1 heterocycles. The van der Waals surface area contributed by atoms with Crippen LogP contribution in [0.2, 0.25) is 0 Å². The fourth-order valence-electron chi connectivity index (χ4n) is 1.62. The fraction of sp³-hybridized carbons (Fsp3) is 0.800. The van der Waals surface area contributed by atoms with Gasteiger partial charge >= 0.3 is 0 Å². The summed E-state index contributed by atoms with van der Waals surface area (Å²) in [7, 11) is 0. The summed E-state index contributed by atoms with van der Waals surface area (Å²) in [6.45, 7) is 3.24. The largest absolute Gasteiger partial charge is 0.313 e. The van der Waals surface area contributed by atoms with E-state index in [1.54, 1.807) is 23.1 Å². The molecule has 1 saturated carbocycles. The van der Waals surface area contributed by atoms with Crippen LogP contribution in [0.4, 0.5) is 0 Å². The number of rotatable bonds is 7. The van der Waals surface area contributed by atoms with E-state index in [0.717, 1.165) is 26.9 Å². The number of hydrogen-bond acceptors (Lipinski definition) is 6. The van der Waals surface area contributed by atoms with E-state index in [2.05, 4.69) is 22.4 Å². The van der Waals surface area contributed by atoms with Crippen LogP contribution >= 0.6 is 34.9 Å². The van der Waals surface area contributed by atoms with Crippen molar-refractivity contribution in [1.82, 2.24) is 15.5 Å². The Balaban J connectivity index is 1.80. The lowest BCUT2D eigenvalue weighted by atomic mass is 10.2. The van der Waals surface area contributed by atoms with Crippen LogP contribution in [0.5, 0.6) is 0 Å². The highest BCUT2D eigenvalue weighted by atomic mass is 32.2. The topological polar surface area (TPSA) is 37.8 Å². The van der Waals surface area contributed by atoms with Gasteiger partial charge < -0.3 is 5.32 Å². The summed E-state index contributed by atoms with van der Waals surface area (Å²) in [6.07, 6.45) is 4.83. The third-order valence-corrected chi connectivity index (χ3v) is 5.76. The Hall–Kier alpha value is 0.220. The monoisotopic (exact) mass is 275 g/mol. The molecule has 16 heavy (non-hydrogen) atoms. The first-order valence-corrected chi connectivity index (χ1v) is 8.59. The first-order chi connectivity index (χ1) is 7.83. The molecular weight excluding hydrogens is 258 g/mol. The molecular formula is C10H17N3S3. The van der Waals surface area contributed by atoms with Crippen molar-refractivity contribution >= 4 is 34.9 Å². The zero-order valence-electron chi connectivity index (χ0n) is 9.60. The SMILES string of the molecule is CCNC(CSc1nnc(SC)s1)C1CC1. The lowest BCUT2D eigenvalue weighted by Crippen LogP contribution is -2.33. The Morgan fingerprint density at radius 2 is 2.19 bits per heavy atom. The number of thioether (sulfide) groups is 2. The summed E-state index contributed by atoms with van der Waals surface area (Å²) >= 11 is 5.21. The van der Waals surface area contributed by atoms with Crippen molar-refractivity contribution in [3.05, 3.63) is 0 Å². The fourth-order valence-corrected chi connectivity index (χ4v) is 4.27. The quantitative estimate of drug-likeness (QED) is 0.775. The minimum absolute atomic E-state index is 0.664. The first-order valence-electron chi connectivity index (χ1n) is 5.57. The van der Waals surface area contributed by atoms with E-state index in [0.29, 0.717) is 6.04 Å². The third kappa shape index (κ3) is 3.61. The van der Waals surface area contributed by atoms with E-state index < -0.39 is 0 Å². The Bertz CT molecular complexity index is 325. The predicted molar refractivity (Wildman–Crippen MR) is 72.6 cm³/mol. The van der Waals surface area contributed by atoms with Gasteiger partial charge in [-0.25, -0.2) is 0 Å². The van der Waals surface area contributed by atoms with Crippen molar-refractivity contribution in [2.24, 2.45) is 5.92 Å². The van der Waals surface area contributed by atoms with Crippen LogP contribution in [0.3, 0.4) is 0 Å². The van der Waals surface area contributed by atoms with Crippen molar-refractivity contribution in [1.29, 1.82) is 0 Å². The Labute approximate surface area is 109 Å². The second-order valence-electron chi connectivity index (χ2n) is 3.85. The van der Waals surface area contributed by atoms with Gasteiger partial charge in [0.05, 0.1) is 0 Å². The molecule has 1 aromatic heterocycles. The van der Waals surface area contributed by atoms with Crippen LogP contribution in [0.15, 0.2) is 8.68 Å². The Kier molecular flexibility index (Phi) is 4.94. The van der Waals surface area contributed by atoms with Gasteiger partial charge in [0.25, 0.3) is 0 Å². The molecule has 0 amide bonds. The molecule has 90 valence electrons. The summed E-state index contributed by atoms with van der Waals surface area (Å²) in [4.78, 5) is 0. The molecule has 1 unspecified atom stereocenters. The minimum Gasteiger partial charge on any atom is -0.313 e. The summed E-state index contributed by atoms with van der Waals surface area (Å²) < 4.78 is 2.17. The van der Waals surface area contributed by atoms with E-state index in [9.17, 15) is 0 Å². The van der Waals surface area contributed by atoms with Crippen molar-refractivity contribution in [3.63, 3.8) is 0 Å². The molecule has 1 fully saturated rings. The molecule has 2 rings (SSSR count). The molecule has 0 aliphatic heterocycles. The maximum absolute atomic E-state index is 4.18. The zero-order chi connectivity index (χ0) is 11.4. The highest BCUT2D eigenvalue weighted by Gasteiger charge is 2.30. The van der Waals surface area contributed by atoms with Crippen LogP contribution in [0, 0.1) is 5.92 Å². The first kappa shape index (κ1) is 12.7. The second-order valence-corrected chi connectivity index (χ2v) is 7.15. The molecule has 0 spiro atoms. The van der Waals surface area contributed by atoms with Crippen molar-refractivity contribution in [3.8, 4) is 0 Å². The molecule has 6 heteroatoms. The van der Waals surface area contributed by atoms with Gasteiger partial charge in [0.1, 0.15) is 0 Å². The number of aromatic nitrogens is 2. The van der Waals surface area contributed by atoms with Gasteiger partial charge in [0.15, 0.2) is 8.68 Å². The van der Waals surface area contributed by atoms with Gasteiger partial charge in [-0.1, -0.05) is 41.8 Å². The molecule has 1 aromatic rings. The standard InChI is InChI=1S/C10H17N3S3/c1-3-11-8(7-4-5-7)6-15-10-13-12-9(14-2)16-10/h7-8,11H,3-6H2,1-2H3. The van der Waals surface area contributed by atoms with Crippen molar-refractivity contribution in [2.75, 3.05) is 18.6 Å². The number of nitrogens with one attached hydrogen (secondary N) is 1. The number of nitrogens with zero attached hydrogens (tertiary/aromatic N) is 2. The molecule has 1 N–H and O–H groups in total. The van der Waals surface area contributed by atoms with Gasteiger partial charge in [0, 0.05) is 11.8 Å². The van der Waals surface area contributed by atoms with Crippen LogP contribution in [0.1, 0.15) is 19.8 Å². The van der Waals surface area contributed by atoms with Gasteiger partial charge in [-0.3, -0.25) is 0 Å². The van der Waals surface area contributed by atoms with E-state index >= 15 is 0 Å². The van der Waals surface area contributed by atoms with Gasteiger partial charge in [-0.05, 0) is 31.6 Å². The normalized spacial score (nSPS) is 17.6. The smallest absolute Gasteiger partial charge is 0.175 e. The van der Waals surface area contributed by atoms with Crippen LogP contribution in [-0.4, -0.2) is 34.8 Å². The maximum atomic E-state index is 4.18. The molecule has 0 bridgehead atoms. The lowest BCUT2D eigenvalue weighted by Gasteiger charge is -2.15. The highest BCUT2D eigenvalue weighted by Crippen LogP contribution is 2.36. The average molecular weight is 275 g/mol. The zero-order valence-corrected chi connectivity index (χ0v) is 12.1. The van der Waals surface area contributed by atoms with Crippen molar-refractivity contribution in [2.45, 2.75) is 34.5 Å². The van der Waals surface area contributed by atoms with Crippen molar-refractivity contribution < 1.29 is 0 Å². The maximum Gasteiger partial charge on any atom is 0.175 e. The third-order valence-electron chi connectivity index (χ3n) is 2.61. The summed E-state index contributed by atoms with van der Waals surface area (Å²) in [5.74, 6) is 2.03. The molecule has 1 aliphatic rings. The molecule has 0 saturated heterocycles. The molecule has 1 atom stereocenters. The molecule has 0 radical (unpaired) electrons. The Morgan fingerprint density at radius 3 is 2.75 bits per heavy atom. The summed E-state index contributed by atoms with van der Waals surface area (Å²) in [5.41, 5.74) is 0. The predicted octanol–water partition coefficient (Wildman–Crippen LogP) is 2.74. The van der Waals surface area contributed by atoms with E-state index in [1.165, 1.54) is 12.8 Å². The highest BCUT2D eigenvalue weighted by molar-refractivity contribution is 8.03. The lowest BCUT2D eigenvalue weighted by molar-refractivity contribution is 0.519. The molecule has 0 aromatic carbocycles. The van der Waals surface area contributed by atoms with Gasteiger partial charge in [0.2, 0.25) is 0 Å². The second kappa shape index (κ2) is 6.23. The summed E-state index contributed by atoms with van der Waals surface area (Å²) in [6, 6.07) is 0.664. The minimum atomic E-state index is 0.664. The van der Waals surface area contributed by atoms with Crippen LogP contribution in [0.25, 0.3) is 0 Å². The summed E-state index contributed by atoms with van der Waals surface area (Å²) in [5, 5.41) is 11.9. The molecule has 3 nitrogen and oxygen atoms in total. The van der Waals surface area contributed by atoms with E-state index in [-0.39, 0.29) is 0 Å². The van der Waals surface area contributed by atoms with E-state index in [1.807, 2.05) is 18.0 Å². The van der Waals surface area contributed by atoms with Gasteiger partial charge in [-0.2, -0.15) is 0 Å². The van der Waals surface area contributed by atoms with E-state index in [4.69, 9.17) is 0 Å². The molecule has 1 aliphatic carbocycles. The van der Waals surface area contributed by atoms with Gasteiger partial charge in [-0.15, -0.1) is 10.2 Å².